The van der Waals surface area contributed by atoms with Crippen molar-refractivity contribution in [1.29, 1.82) is 0 Å². The van der Waals surface area contributed by atoms with Crippen LogP contribution in [0, 0.1) is 0 Å². The number of aryl methyl sites for hydroxylation is 1. The highest BCUT2D eigenvalue weighted by atomic mass is 35.5. The normalized spacial score (nSPS) is 10.8. The van der Waals surface area contributed by atoms with Crippen LogP contribution >= 0.6 is 23.2 Å². The molecule has 3 rings (SSSR count). The molecule has 0 aliphatic carbocycles. The number of carbonyl (C=O) groups is 2. The molecule has 174 valence electrons. The van der Waals surface area contributed by atoms with Gasteiger partial charge < -0.3 is 14.4 Å². The van der Waals surface area contributed by atoms with E-state index in [1.54, 1.807) is 28.0 Å². The van der Waals surface area contributed by atoms with Crippen LogP contribution in [0.25, 0.3) is 0 Å². The summed E-state index contributed by atoms with van der Waals surface area (Å²) in [5.41, 5.74) is 2.44. The number of amides is 2. The lowest BCUT2D eigenvalue weighted by molar-refractivity contribution is -0.133. The van der Waals surface area contributed by atoms with Gasteiger partial charge in [0.25, 0.3) is 5.91 Å². The van der Waals surface area contributed by atoms with E-state index in [1.807, 2.05) is 60.3 Å². The highest BCUT2D eigenvalue weighted by molar-refractivity contribution is 6.35. The Balaban J connectivity index is 1.83. The van der Waals surface area contributed by atoms with Gasteiger partial charge >= 0.3 is 0 Å². The average Bonchev–Trinajstić information content (AvgIpc) is 3.20. The Morgan fingerprint density at radius 2 is 1.61 bits per heavy atom. The Labute approximate surface area is 205 Å². The minimum Gasteiger partial charge on any atom is -0.353 e. The molecule has 0 aliphatic rings. The van der Waals surface area contributed by atoms with E-state index in [0.29, 0.717) is 35.2 Å². The van der Waals surface area contributed by atoms with E-state index in [4.69, 9.17) is 23.2 Å². The van der Waals surface area contributed by atoms with E-state index < -0.39 is 0 Å². The van der Waals surface area contributed by atoms with Crippen LogP contribution in [-0.4, -0.2) is 39.3 Å². The smallest absolute Gasteiger partial charge is 0.254 e. The molecule has 0 radical (unpaired) electrons. The average molecular weight is 486 g/mol. The molecule has 0 aliphatic heterocycles. The molecule has 1 aromatic heterocycles. The molecule has 0 spiro atoms. The van der Waals surface area contributed by atoms with Crippen molar-refractivity contribution in [2.45, 2.75) is 32.9 Å². The fourth-order valence-corrected chi connectivity index (χ4v) is 4.14. The topological polar surface area (TPSA) is 45.6 Å². The number of benzene rings is 2. The van der Waals surface area contributed by atoms with Gasteiger partial charge in [-0.3, -0.25) is 9.59 Å². The number of nitrogens with zero attached hydrogens (tertiary/aromatic N) is 3. The van der Waals surface area contributed by atoms with Crippen LogP contribution in [0.4, 0.5) is 0 Å². The quantitative estimate of drug-likeness (QED) is 0.364. The fraction of sp³-hybridized carbons (Fsp3) is 0.308. The predicted molar refractivity (Wildman–Crippen MR) is 133 cm³/mol. The molecule has 5 nitrogen and oxygen atoms in total. The third kappa shape index (κ3) is 7.11. The largest absolute Gasteiger partial charge is 0.353 e. The van der Waals surface area contributed by atoms with Crippen molar-refractivity contribution < 1.29 is 9.59 Å². The minimum atomic E-state index is -0.250. The van der Waals surface area contributed by atoms with Gasteiger partial charge in [-0.25, -0.2) is 0 Å². The number of aromatic nitrogens is 1. The number of hydrogen-bond acceptors (Lipinski definition) is 2. The standard InChI is InChI=1S/C26H29Cl2N3O2/c1-3-4-13-30(26(33)21-14-22(27)16-23(28)15-21)19-25(32)31(17-20-9-6-5-7-10-20)18-24-11-8-12-29(24)2/h5-12,14-16H,3-4,13,17-19H2,1-2H3. The van der Waals surface area contributed by atoms with Gasteiger partial charge in [-0.05, 0) is 42.3 Å². The monoisotopic (exact) mass is 485 g/mol. The van der Waals surface area contributed by atoms with Crippen molar-refractivity contribution in [2.24, 2.45) is 7.05 Å². The molecule has 1 heterocycles. The molecule has 2 aromatic carbocycles. The van der Waals surface area contributed by atoms with E-state index in [1.165, 1.54) is 0 Å². The molecule has 0 bridgehead atoms. The summed E-state index contributed by atoms with van der Waals surface area (Å²) < 4.78 is 2.00. The number of rotatable bonds is 10. The van der Waals surface area contributed by atoms with Crippen LogP contribution in [0.3, 0.4) is 0 Å². The van der Waals surface area contributed by atoms with Crippen molar-refractivity contribution in [1.82, 2.24) is 14.4 Å². The van der Waals surface area contributed by atoms with Gasteiger partial charge in [0, 0.05) is 47.6 Å². The van der Waals surface area contributed by atoms with Gasteiger partial charge in [0.15, 0.2) is 0 Å². The lowest BCUT2D eigenvalue weighted by atomic mass is 10.1. The zero-order valence-electron chi connectivity index (χ0n) is 19.0. The number of carbonyl (C=O) groups excluding carboxylic acids is 2. The molecule has 2 amide bonds. The van der Waals surface area contributed by atoms with Crippen molar-refractivity contribution in [3.63, 3.8) is 0 Å². The van der Waals surface area contributed by atoms with E-state index in [-0.39, 0.29) is 18.4 Å². The summed E-state index contributed by atoms with van der Waals surface area (Å²) in [6.07, 6.45) is 3.66. The summed E-state index contributed by atoms with van der Waals surface area (Å²) in [6.45, 7) is 3.44. The maximum atomic E-state index is 13.5. The fourth-order valence-electron chi connectivity index (χ4n) is 3.62. The molecule has 3 aromatic rings. The first kappa shape index (κ1) is 24.9. The van der Waals surface area contributed by atoms with E-state index in [0.717, 1.165) is 24.1 Å². The molecule has 0 unspecified atom stereocenters. The summed E-state index contributed by atoms with van der Waals surface area (Å²) in [5.74, 6) is -0.364. The zero-order chi connectivity index (χ0) is 23.8. The molecule has 0 atom stereocenters. The second-order valence-electron chi connectivity index (χ2n) is 8.08. The molecule has 0 N–H and O–H groups in total. The SMILES string of the molecule is CCCCN(CC(=O)N(Cc1ccccc1)Cc1cccn1C)C(=O)c1cc(Cl)cc(Cl)c1. The second kappa shape index (κ2) is 11.9. The highest BCUT2D eigenvalue weighted by Crippen LogP contribution is 2.21. The first-order valence-electron chi connectivity index (χ1n) is 11.0. The summed E-state index contributed by atoms with van der Waals surface area (Å²) in [6, 6.07) is 18.6. The molecule has 0 saturated carbocycles. The number of halogens is 2. The maximum Gasteiger partial charge on any atom is 0.254 e. The van der Waals surface area contributed by atoms with Crippen molar-refractivity contribution in [3.8, 4) is 0 Å². The van der Waals surface area contributed by atoms with Crippen LogP contribution < -0.4 is 0 Å². The Hall–Kier alpha value is -2.76. The highest BCUT2D eigenvalue weighted by Gasteiger charge is 2.23. The molecule has 0 fully saturated rings. The Morgan fingerprint density at radius 3 is 2.21 bits per heavy atom. The van der Waals surface area contributed by atoms with E-state index in [9.17, 15) is 9.59 Å². The first-order chi connectivity index (χ1) is 15.9. The lowest BCUT2D eigenvalue weighted by Crippen LogP contribution is -2.43. The number of hydrogen-bond donors (Lipinski definition) is 0. The number of unbranched alkanes of at least 4 members (excludes halogenated alkanes) is 1. The van der Waals surface area contributed by atoms with Gasteiger partial charge in [0.1, 0.15) is 6.54 Å². The Kier molecular flexibility index (Phi) is 8.98. The van der Waals surface area contributed by atoms with Crippen LogP contribution in [0.2, 0.25) is 10.0 Å². The van der Waals surface area contributed by atoms with E-state index in [2.05, 4.69) is 6.92 Å². The zero-order valence-corrected chi connectivity index (χ0v) is 20.5. The summed E-state index contributed by atoms with van der Waals surface area (Å²) in [4.78, 5) is 30.2. The molecular weight excluding hydrogens is 457 g/mol. The molecule has 7 heteroatoms. The van der Waals surface area contributed by atoms with Crippen LogP contribution in [0.15, 0.2) is 66.9 Å². The van der Waals surface area contributed by atoms with Crippen molar-refractivity contribution in [2.75, 3.05) is 13.1 Å². The third-order valence-corrected chi connectivity index (χ3v) is 5.91. The Morgan fingerprint density at radius 1 is 0.909 bits per heavy atom. The van der Waals surface area contributed by atoms with E-state index >= 15 is 0 Å². The lowest BCUT2D eigenvalue weighted by Gasteiger charge is -2.28. The molecule has 0 saturated heterocycles. The molecular formula is C26H29Cl2N3O2. The van der Waals surface area contributed by atoms with Gasteiger partial charge in [-0.2, -0.15) is 0 Å². The maximum absolute atomic E-state index is 13.5. The third-order valence-electron chi connectivity index (χ3n) is 5.48. The van der Waals surface area contributed by atoms with Gasteiger partial charge in [-0.15, -0.1) is 0 Å². The van der Waals surface area contributed by atoms with Crippen LogP contribution in [-0.2, 0) is 24.9 Å². The summed E-state index contributed by atoms with van der Waals surface area (Å²) >= 11 is 12.2. The first-order valence-corrected chi connectivity index (χ1v) is 11.8. The van der Waals surface area contributed by atoms with Crippen LogP contribution in [0.5, 0.6) is 0 Å². The minimum absolute atomic E-state index is 0.0137. The van der Waals surface area contributed by atoms with Gasteiger partial charge in [0.05, 0.1) is 6.54 Å². The van der Waals surface area contributed by atoms with Crippen molar-refractivity contribution in [3.05, 3.63) is 93.7 Å². The van der Waals surface area contributed by atoms with Gasteiger partial charge in [0.2, 0.25) is 5.91 Å². The summed E-state index contributed by atoms with van der Waals surface area (Å²) in [7, 11) is 1.96. The second-order valence-corrected chi connectivity index (χ2v) is 8.96. The van der Waals surface area contributed by atoms with Crippen molar-refractivity contribution >= 4 is 35.0 Å². The summed E-state index contributed by atoms with van der Waals surface area (Å²) in [5, 5.41) is 0.782. The predicted octanol–water partition coefficient (Wildman–Crippen LogP) is 5.80. The molecule has 33 heavy (non-hydrogen) atoms. The Bertz CT molecular complexity index is 1060. The van der Waals surface area contributed by atoms with Gasteiger partial charge in [-0.1, -0.05) is 66.9 Å². The van der Waals surface area contributed by atoms with Crippen LogP contribution in [0.1, 0.15) is 41.4 Å².